The number of hydrogen-bond donors (Lipinski definition) is 1. The summed E-state index contributed by atoms with van der Waals surface area (Å²) in [6.07, 6.45) is 0. The van der Waals surface area contributed by atoms with Crippen molar-refractivity contribution in [2.75, 3.05) is 5.75 Å². The van der Waals surface area contributed by atoms with Crippen LogP contribution in [0, 0.1) is 6.92 Å². The monoisotopic (exact) mass is 250 g/mol. The van der Waals surface area contributed by atoms with Gasteiger partial charge in [-0.25, -0.2) is 0 Å². The molecule has 1 aromatic heterocycles. The van der Waals surface area contributed by atoms with Crippen LogP contribution in [0.2, 0.25) is 0 Å². The number of aromatic nitrogens is 2. The number of phenols is 1. The Balaban J connectivity index is 2.21. The minimum absolute atomic E-state index is 0.273. The van der Waals surface area contributed by atoms with Gasteiger partial charge in [0.1, 0.15) is 5.75 Å². The molecule has 90 valence electrons. The number of nitrogens with zero attached hydrogens (tertiary/aromatic N) is 2. The quantitative estimate of drug-likeness (QED) is 0.903. The SMILES string of the molecule is CCSCc1noc(-c2ccc(O)c(C)c2)n1. The van der Waals surface area contributed by atoms with Gasteiger partial charge in [0, 0.05) is 5.56 Å². The molecule has 0 atom stereocenters. The molecule has 0 spiro atoms. The number of hydrogen-bond acceptors (Lipinski definition) is 5. The summed E-state index contributed by atoms with van der Waals surface area (Å²) in [5.41, 5.74) is 1.63. The number of phenolic OH excluding ortho intramolecular Hbond substituents is 1. The van der Waals surface area contributed by atoms with Crippen molar-refractivity contribution in [1.82, 2.24) is 10.1 Å². The molecular formula is C12H14N2O2S. The zero-order chi connectivity index (χ0) is 12.3. The highest BCUT2D eigenvalue weighted by molar-refractivity contribution is 7.98. The van der Waals surface area contributed by atoms with E-state index in [2.05, 4.69) is 17.1 Å². The zero-order valence-electron chi connectivity index (χ0n) is 9.80. The van der Waals surface area contributed by atoms with Gasteiger partial charge >= 0.3 is 0 Å². The molecule has 0 amide bonds. The predicted molar refractivity (Wildman–Crippen MR) is 68.0 cm³/mol. The van der Waals surface area contributed by atoms with Gasteiger partial charge in [0.05, 0.1) is 5.75 Å². The lowest BCUT2D eigenvalue weighted by atomic mass is 10.1. The van der Waals surface area contributed by atoms with Crippen LogP contribution in [0.15, 0.2) is 22.7 Å². The summed E-state index contributed by atoms with van der Waals surface area (Å²) in [5.74, 6) is 3.27. The van der Waals surface area contributed by atoms with Crippen molar-refractivity contribution in [2.45, 2.75) is 19.6 Å². The molecule has 1 heterocycles. The van der Waals surface area contributed by atoms with Gasteiger partial charge in [-0.15, -0.1) is 0 Å². The second kappa shape index (κ2) is 5.23. The van der Waals surface area contributed by atoms with Gasteiger partial charge < -0.3 is 9.63 Å². The van der Waals surface area contributed by atoms with Gasteiger partial charge in [0.2, 0.25) is 0 Å². The van der Waals surface area contributed by atoms with Crippen molar-refractivity contribution >= 4 is 11.8 Å². The summed E-state index contributed by atoms with van der Waals surface area (Å²) < 4.78 is 5.19. The largest absolute Gasteiger partial charge is 0.508 e. The van der Waals surface area contributed by atoms with Gasteiger partial charge in [-0.05, 0) is 36.4 Å². The average molecular weight is 250 g/mol. The Labute approximate surface area is 104 Å². The maximum atomic E-state index is 9.44. The predicted octanol–water partition coefficient (Wildman–Crippen LogP) is 3.00. The number of benzene rings is 1. The van der Waals surface area contributed by atoms with Gasteiger partial charge in [-0.1, -0.05) is 12.1 Å². The van der Waals surface area contributed by atoms with Crippen LogP contribution in [0.1, 0.15) is 18.3 Å². The third kappa shape index (κ3) is 2.79. The summed E-state index contributed by atoms with van der Waals surface area (Å²) in [6.45, 7) is 3.93. The number of thioether (sulfide) groups is 1. The fourth-order valence-electron chi connectivity index (χ4n) is 1.41. The summed E-state index contributed by atoms with van der Waals surface area (Å²) in [7, 11) is 0. The molecule has 0 fully saturated rings. The van der Waals surface area contributed by atoms with Crippen LogP contribution in [0.3, 0.4) is 0 Å². The smallest absolute Gasteiger partial charge is 0.257 e. The van der Waals surface area contributed by atoms with Crippen LogP contribution in [-0.2, 0) is 5.75 Å². The first kappa shape index (κ1) is 12.0. The second-order valence-electron chi connectivity index (χ2n) is 3.65. The number of aromatic hydroxyl groups is 1. The maximum absolute atomic E-state index is 9.44. The first-order chi connectivity index (χ1) is 8.20. The fraction of sp³-hybridized carbons (Fsp3) is 0.333. The van der Waals surface area contributed by atoms with Crippen LogP contribution in [0.25, 0.3) is 11.5 Å². The van der Waals surface area contributed by atoms with Crippen LogP contribution in [-0.4, -0.2) is 21.0 Å². The normalized spacial score (nSPS) is 10.7. The van der Waals surface area contributed by atoms with Crippen LogP contribution in [0.5, 0.6) is 5.75 Å². The Bertz CT molecular complexity index is 511. The molecular weight excluding hydrogens is 236 g/mol. The van der Waals surface area contributed by atoms with E-state index in [0.29, 0.717) is 11.7 Å². The molecule has 0 unspecified atom stereocenters. The van der Waals surface area contributed by atoms with Gasteiger partial charge in [0.15, 0.2) is 5.82 Å². The van der Waals surface area contributed by atoms with Gasteiger partial charge in [0.25, 0.3) is 5.89 Å². The van der Waals surface area contributed by atoms with E-state index in [0.717, 1.165) is 22.6 Å². The minimum Gasteiger partial charge on any atom is -0.508 e. The van der Waals surface area contributed by atoms with Crippen LogP contribution in [0.4, 0.5) is 0 Å². The average Bonchev–Trinajstić information content (AvgIpc) is 2.79. The summed E-state index contributed by atoms with van der Waals surface area (Å²) in [5, 5.41) is 13.4. The summed E-state index contributed by atoms with van der Waals surface area (Å²) >= 11 is 1.75. The first-order valence-corrected chi connectivity index (χ1v) is 6.56. The van der Waals surface area contributed by atoms with Gasteiger partial charge in [-0.3, -0.25) is 0 Å². The lowest BCUT2D eigenvalue weighted by Crippen LogP contribution is -1.85. The minimum atomic E-state index is 0.273. The third-order valence-corrected chi connectivity index (χ3v) is 3.22. The number of rotatable bonds is 4. The highest BCUT2D eigenvalue weighted by atomic mass is 32.2. The fourth-order valence-corrected chi connectivity index (χ4v) is 1.92. The first-order valence-electron chi connectivity index (χ1n) is 5.41. The van der Waals surface area contributed by atoms with E-state index in [-0.39, 0.29) is 5.75 Å². The van der Waals surface area contributed by atoms with E-state index in [4.69, 9.17) is 4.52 Å². The lowest BCUT2D eigenvalue weighted by molar-refractivity contribution is 0.425. The van der Waals surface area contributed by atoms with Gasteiger partial charge in [-0.2, -0.15) is 16.7 Å². The summed E-state index contributed by atoms with van der Waals surface area (Å²) in [6, 6.07) is 5.24. The van der Waals surface area contributed by atoms with Crippen molar-refractivity contribution in [3.05, 3.63) is 29.6 Å². The third-order valence-electron chi connectivity index (χ3n) is 2.35. The molecule has 2 aromatic rings. The highest BCUT2D eigenvalue weighted by Gasteiger charge is 2.09. The molecule has 2 rings (SSSR count). The Morgan fingerprint density at radius 1 is 1.41 bits per heavy atom. The van der Waals surface area contributed by atoms with E-state index in [1.807, 2.05) is 13.0 Å². The molecule has 0 aliphatic heterocycles. The highest BCUT2D eigenvalue weighted by Crippen LogP contribution is 2.24. The van der Waals surface area contributed by atoms with E-state index in [1.165, 1.54) is 0 Å². The van der Waals surface area contributed by atoms with Crippen LogP contribution >= 0.6 is 11.8 Å². The molecule has 0 saturated carbocycles. The Morgan fingerprint density at radius 3 is 2.94 bits per heavy atom. The van der Waals surface area contributed by atoms with Crippen molar-refractivity contribution in [2.24, 2.45) is 0 Å². The van der Waals surface area contributed by atoms with E-state index in [9.17, 15) is 5.11 Å². The Hall–Kier alpha value is -1.49. The molecule has 4 nitrogen and oxygen atoms in total. The summed E-state index contributed by atoms with van der Waals surface area (Å²) in [4.78, 5) is 4.31. The Kier molecular flexibility index (Phi) is 3.68. The van der Waals surface area contributed by atoms with Crippen molar-refractivity contribution in [3.8, 4) is 17.2 Å². The zero-order valence-corrected chi connectivity index (χ0v) is 10.6. The lowest BCUT2D eigenvalue weighted by Gasteiger charge is -1.99. The van der Waals surface area contributed by atoms with Crippen LogP contribution < -0.4 is 0 Å². The molecule has 5 heteroatoms. The van der Waals surface area contributed by atoms with E-state index in [1.54, 1.807) is 23.9 Å². The maximum Gasteiger partial charge on any atom is 0.257 e. The van der Waals surface area contributed by atoms with E-state index >= 15 is 0 Å². The molecule has 0 aliphatic rings. The molecule has 0 saturated heterocycles. The van der Waals surface area contributed by atoms with Crippen molar-refractivity contribution < 1.29 is 9.63 Å². The molecule has 1 N–H and O–H groups in total. The van der Waals surface area contributed by atoms with Crippen molar-refractivity contribution in [1.29, 1.82) is 0 Å². The molecule has 0 radical (unpaired) electrons. The Morgan fingerprint density at radius 2 is 2.24 bits per heavy atom. The van der Waals surface area contributed by atoms with Crippen molar-refractivity contribution in [3.63, 3.8) is 0 Å². The standard InChI is InChI=1S/C12H14N2O2S/c1-3-17-7-11-13-12(16-14-11)9-4-5-10(15)8(2)6-9/h4-6,15H,3,7H2,1-2H3. The second-order valence-corrected chi connectivity index (χ2v) is 4.93. The molecule has 0 bridgehead atoms. The topological polar surface area (TPSA) is 59.2 Å². The molecule has 1 aromatic carbocycles. The number of aryl methyl sites for hydroxylation is 1. The molecule has 0 aliphatic carbocycles. The van der Waals surface area contributed by atoms with E-state index < -0.39 is 0 Å². The molecule has 17 heavy (non-hydrogen) atoms.